The number of amides is 1. The number of rotatable bonds is 3. The van der Waals surface area contributed by atoms with Gasteiger partial charge in [0.15, 0.2) is 0 Å². The van der Waals surface area contributed by atoms with E-state index in [2.05, 4.69) is 10.4 Å². The van der Waals surface area contributed by atoms with Gasteiger partial charge in [-0.15, -0.1) is 0 Å². The first kappa shape index (κ1) is 14.9. The molecule has 0 fully saturated rings. The van der Waals surface area contributed by atoms with Crippen LogP contribution >= 0.6 is 0 Å². The molecule has 0 radical (unpaired) electrons. The van der Waals surface area contributed by atoms with Crippen molar-refractivity contribution in [2.24, 2.45) is 0 Å². The average molecular weight is 311 g/mol. The number of anilines is 1. The van der Waals surface area contributed by atoms with Crippen molar-refractivity contribution >= 4 is 22.4 Å². The van der Waals surface area contributed by atoms with Gasteiger partial charge in [0.1, 0.15) is 11.9 Å². The van der Waals surface area contributed by atoms with Gasteiger partial charge in [-0.3, -0.25) is 9.59 Å². The molecule has 23 heavy (non-hydrogen) atoms. The molecule has 116 valence electrons. The zero-order valence-electron chi connectivity index (χ0n) is 12.4. The second-order valence-corrected chi connectivity index (χ2v) is 5.15. The summed E-state index contributed by atoms with van der Waals surface area (Å²) in [6, 6.07) is 11.7. The zero-order chi connectivity index (χ0) is 16.4. The summed E-state index contributed by atoms with van der Waals surface area (Å²) in [4.78, 5) is 24.7. The quantitative estimate of drug-likeness (QED) is 0.809. The third-order valence-electron chi connectivity index (χ3n) is 3.58. The molecule has 0 aliphatic rings. The molecule has 1 aromatic heterocycles. The van der Waals surface area contributed by atoms with E-state index in [0.29, 0.717) is 11.1 Å². The lowest BCUT2D eigenvalue weighted by Crippen LogP contribution is -2.33. The molecular weight excluding hydrogens is 297 g/mol. The number of benzene rings is 2. The highest BCUT2D eigenvalue weighted by molar-refractivity contribution is 5.93. The Bertz CT molecular complexity index is 919. The summed E-state index contributed by atoms with van der Waals surface area (Å²) in [5, 5.41) is 7.93. The van der Waals surface area contributed by atoms with Gasteiger partial charge >= 0.3 is 0 Å². The first-order valence-electron chi connectivity index (χ1n) is 7.09. The fraction of sp³-hybridized carbons (Fsp3) is 0.118. The minimum absolute atomic E-state index is 0.329. The molecule has 0 saturated carbocycles. The Morgan fingerprint density at radius 2 is 1.87 bits per heavy atom. The number of carbonyl (C=O) groups excluding carboxylic acids is 1. The largest absolute Gasteiger partial charge is 0.324 e. The highest BCUT2D eigenvalue weighted by Gasteiger charge is 2.18. The van der Waals surface area contributed by atoms with Crippen LogP contribution < -0.4 is 10.9 Å². The van der Waals surface area contributed by atoms with Crippen molar-refractivity contribution in [1.29, 1.82) is 0 Å². The van der Waals surface area contributed by atoms with E-state index in [0.717, 1.165) is 10.1 Å². The van der Waals surface area contributed by atoms with Crippen molar-refractivity contribution in [2.45, 2.75) is 13.0 Å². The number of halogens is 1. The predicted molar refractivity (Wildman–Crippen MR) is 85.7 cm³/mol. The first-order valence-corrected chi connectivity index (χ1v) is 7.09. The Morgan fingerprint density at radius 3 is 2.61 bits per heavy atom. The predicted octanol–water partition coefficient (Wildman–Crippen LogP) is 2.74. The molecule has 1 atom stereocenters. The van der Waals surface area contributed by atoms with Crippen molar-refractivity contribution in [3.05, 3.63) is 70.9 Å². The van der Waals surface area contributed by atoms with E-state index >= 15 is 0 Å². The van der Waals surface area contributed by atoms with Crippen LogP contribution in [0.25, 0.3) is 10.8 Å². The van der Waals surface area contributed by atoms with E-state index in [1.807, 2.05) is 6.07 Å². The molecule has 6 heteroatoms. The molecule has 0 spiro atoms. The minimum atomic E-state index is -0.794. The normalized spacial score (nSPS) is 12.1. The van der Waals surface area contributed by atoms with Crippen LogP contribution in [0.1, 0.15) is 13.0 Å². The van der Waals surface area contributed by atoms with Gasteiger partial charge in [0.2, 0.25) is 5.91 Å². The first-order chi connectivity index (χ1) is 11.1. The van der Waals surface area contributed by atoms with Gasteiger partial charge in [0, 0.05) is 11.1 Å². The van der Waals surface area contributed by atoms with Crippen LogP contribution in [0.2, 0.25) is 0 Å². The van der Waals surface area contributed by atoms with Crippen molar-refractivity contribution in [3.8, 4) is 0 Å². The molecule has 5 nitrogen and oxygen atoms in total. The van der Waals surface area contributed by atoms with Crippen LogP contribution in [-0.2, 0) is 4.79 Å². The van der Waals surface area contributed by atoms with Crippen LogP contribution in [0.4, 0.5) is 10.1 Å². The average Bonchev–Trinajstić information content (AvgIpc) is 2.57. The Labute approximate surface area is 131 Å². The topological polar surface area (TPSA) is 64.0 Å². The maximum atomic E-state index is 12.9. The Morgan fingerprint density at radius 1 is 1.17 bits per heavy atom. The summed E-state index contributed by atoms with van der Waals surface area (Å²) in [5.41, 5.74) is 0.127. The summed E-state index contributed by atoms with van der Waals surface area (Å²) in [5.74, 6) is -0.787. The van der Waals surface area contributed by atoms with Gasteiger partial charge in [0.05, 0.1) is 11.6 Å². The Balaban J connectivity index is 1.89. The third kappa shape index (κ3) is 2.96. The van der Waals surface area contributed by atoms with Gasteiger partial charge in [-0.2, -0.15) is 5.10 Å². The number of hydrogen-bond donors (Lipinski definition) is 1. The second-order valence-electron chi connectivity index (χ2n) is 5.15. The molecule has 1 amide bonds. The van der Waals surface area contributed by atoms with E-state index in [1.165, 1.54) is 24.3 Å². The summed E-state index contributed by atoms with van der Waals surface area (Å²) >= 11 is 0. The van der Waals surface area contributed by atoms with E-state index in [1.54, 1.807) is 31.3 Å². The summed E-state index contributed by atoms with van der Waals surface area (Å²) in [6.07, 6.45) is 1.55. The molecule has 1 N–H and O–H groups in total. The van der Waals surface area contributed by atoms with Gasteiger partial charge in [0.25, 0.3) is 5.56 Å². The van der Waals surface area contributed by atoms with Gasteiger partial charge in [-0.1, -0.05) is 18.2 Å². The lowest BCUT2D eigenvalue weighted by Gasteiger charge is -2.14. The molecule has 0 bridgehead atoms. The number of nitrogens with one attached hydrogen (secondary N) is 1. The van der Waals surface area contributed by atoms with Crippen LogP contribution in [0.15, 0.2) is 59.5 Å². The lowest BCUT2D eigenvalue weighted by molar-refractivity contribution is -0.119. The van der Waals surface area contributed by atoms with Crippen LogP contribution in [0.5, 0.6) is 0 Å². The maximum absolute atomic E-state index is 12.9. The molecule has 2 aromatic carbocycles. The Hall–Kier alpha value is -3.02. The van der Waals surface area contributed by atoms with Crippen molar-refractivity contribution < 1.29 is 9.18 Å². The van der Waals surface area contributed by atoms with Crippen LogP contribution in [0, 0.1) is 5.82 Å². The molecule has 0 aliphatic carbocycles. The fourth-order valence-corrected chi connectivity index (χ4v) is 2.27. The third-order valence-corrected chi connectivity index (χ3v) is 3.58. The second kappa shape index (κ2) is 6.00. The highest BCUT2D eigenvalue weighted by atomic mass is 19.1. The van der Waals surface area contributed by atoms with Crippen molar-refractivity contribution in [2.75, 3.05) is 5.32 Å². The summed E-state index contributed by atoms with van der Waals surface area (Å²) in [6.45, 7) is 1.59. The molecule has 0 saturated heterocycles. The SMILES string of the molecule is CC(C(=O)Nc1ccc(F)cc1)n1ncc2ccccc2c1=O. The molecule has 3 rings (SSSR count). The molecule has 3 aromatic rings. The molecule has 1 unspecified atom stereocenters. The van der Waals surface area contributed by atoms with E-state index < -0.39 is 11.9 Å². The van der Waals surface area contributed by atoms with Crippen molar-refractivity contribution in [3.63, 3.8) is 0 Å². The van der Waals surface area contributed by atoms with E-state index in [9.17, 15) is 14.0 Å². The Kier molecular flexibility index (Phi) is 3.89. The number of carbonyl (C=O) groups is 1. The molecule has 0 aliphatic heterocycles. The minimum Gasteiger partial charge on any atom is -0.324 e. The smallest absolute Gasteiger partial charge is 0.275 e. The highest BCUT2D eigenvalue weighted by Crippen LogP contribution is 2.13. The lowest BCUT2D eigenvalue weighted by atomic mass is 10.2. The number of fused-ring (bicyclic) bond motifs is 1. The monoisotopic (exact) mass is 311 g/mol. The van der Waals surface area contributed by atoms with Crippen LogP contribution in [0.3, 0.4) is 0 Å². The zero-order valence-corrected chi connectivity index (χ0v) is 12.4. The van der Waals surface area contributed by atoms with Crippen LogP contribution in [-0.4, -0.2) is 15.7 Å². The number of hydrogen-bond acceptors (Lipinski definition) is 3. The van der Waals surface area contributed by atoms with Gasteiger partial charge in [-0.25, -0.2) is 9.07 Å². The maximum Gasteiger partial charge on any atom is 0.275 e. The van der Waals surface area contributed by atoms with Gasteiger partial charge in [-0.05, 0) is 37.3 Å². The standard InChI is InChI=1S/C17H14FN3O2/c1-11(16(22)20-14-8-6-13(18)7-9-14)21-17(23)15-5-3-2-4-12(15)10-19-21/h2-11H,1H3,(H,20,22). The fourth-order valence-electron chi connectivity index (χ4n) is 2.27. The summed E-state index contributed by atoms with van der Waals surface area (Å²) < 4.78 is 14.0. The van der Waals surface area contributed by atoms with Gasteiger partial charge < -0.3 is 5.32 Å². The molecule has 1 heterocycles. The molecular formula is C17H14FN3O2. The van der Waals surface area contributed by atoms with E-state index in [-0.39, 0.29) is 11.4 Å². The van der Waals surface area contributed by atoms with E-state index in [4.69, 9.17) is 0 Å². The number of nitrogens with zero attached hydrogens (tertiary/aromatic N) is 2. The van der Waals surface area contributed by atoms with Crippen molar-refractivity contribution in [1.82, 2.24) is 9.78 Å². The number of aromatic nitrogens is 2. The summed E-state index contributed by atoms with van der Waals surface area (Å²) in [7, 11) is 0.